The summed E-state index contributed by atoms with van der Waals surface area (Å²) in [6, 6.07) is 8.54. The minimum atomic E-state index is -1.50. The van der Waals surface area contributed by atoms with Crippen molar-refractivity contribution >= 4 is 35.0 Å². The van der Waals surface area contributed by atoms with Gasteiger partial charge in [0.15, 0.2) is 17.3 Å². The van der Waals surface area contributed by atoms with E-state index in [2.05, 4.69) is 20.4 Å². The summed E-state index contributed by atoms with van der Waals surface area (Å²) >= 11 is 7.46. The van der Waals surface area contributed by atoms with Crippen LogP contribution in [0, 0.1) is 18.8 Å². The third-order valence-corrected chi connectivity index (χ3v) is 14.2. The van der Waals surface area contributed by atoms with Gasteiger partial charge in [0.2, 0.25) is 0 Å². The number of nitrogens with one attached hydrogen (secondary N) is 2. The smallest absolute Gasteiger partial charge is 0.306 e. The predicted octanol–water partition coefficient (Wildman–Crippen LogP) is 5.91. The first-order valence-corrected chi connectivity index (χ1v) is 21.5. The van der Waals surface area contributed by atoms with Crippen molar-refractivity contribution in [2.24, 2.45) is 25.9 Å². The lowest BCUT2D eigenvalue weighted by Crippen LogP contribution is -2.65. The molecule has 0 saturated heterocycles. The van der Waals surface area contributed by atoms with Crippen LogP contribution in [-0.2, 0) is 44.8 Å². The molecule has 4 heterocycles. The third kappa shape index (κ3) is 7.97. The molecule has 8 rings (SSSR count). The molecule has 0 radical (unpaired) electrons. The number of carbonyl (C=O) groups excluding carboxylic acids is 2. The minimum Gasteiger partial charge on any atom is -0.481 e. The number of carbonyl (C=O) groups is 3. The summed E-state index contributed by atoms with van der Waals surface area (Å²) in [7, 11) is 3.78. The van der Waals surface area contributed by atoms with Gasteiger partial charge < -0.3 is 24.9 Å². The van der Waals surface area contributed by atoms with E-state index in [1.165, 1.54) is 32.1 Å². The number of fused-ring (bicyclic) bond motifs is 2. The Labute approximate surface area is 340 Å². The Bertz CT molecular complexity index is 2070. The Balaban J connectivity index is 1.02. The van der Waals surface area contributed by atoms with Gasteiger partial charge in [0, 0.05) is 70.5 Å². The monoisotopic (exact) mass is 796 g/mol. The van der Waals surface area contributed by atoms with Crippen molar-refractivity contribution in [3.8, 4) is 0 Å². The quantitative estimate of drug-likeness (QED) is 0.170. The summed E-state index contributed by atoms with van der Waals surface area (Å²) in [5.74, 6) is -0.618. The van der Waals surface area contributed by atoms with E-state index < -0.39 is 28.8 Å². The van der Waals surface area contributed by atoms with Gasteiger partial charge in [-0.15, -0.1) is 11.6 Å². The molecular formula is C44H57ClN8O4. The molecule has 5 aliphatic rings. The first kappa shape index (κ1) is 39.6. The lowest BCUT2D eigenvalue weighted by atomic mass is 9.80. The average molecular weight is 797 g/mol. The molecule has 0 bridgehead atoms. The number of amides is 2. The number of carboxylic acids is 1. The van der Waals surface area contributed by atoms with Crippen LogP contribution in [-0.4, -0.2) is 88.5 Å². The summed E-state index contributed by atoms with van der Waals surface area (Å²) in [5, 5.41) is 14.9. The summed E-state index contributed by atoms with van der Waals surface area (Å²) < 4.78 is 3.79. The van der Waals surface area contributed by atoms with E-state index in [4.69, 9.17) is 21.6 Å². The number of allylic oxidation sites excluding steroid dienone is 2. The van der Waals surface area contributed by atoms with E-state index in [1.807, 2.05) is 66.6 Å². The molecule has 2 aromatic heterocycles. The van der Waals surface area contributed by atoms with Crippen LogP contribution in [0.5, 0.6) is 0 Å². The van der Waals surface area contributed by atoms with E-state index in [0.717, 1.165) is 111 Å². The highest BCUT2D eigenvalue weighted by molar-refractivity contribution is 6.28. The van der Waals surface area contributed by atoms with E-state index in [1.54, 1.807) is 6.08 Å². The van der Waals surface area contributed by atoms with Crippen molar-refractivity contribution in [2.75, 3.05) is 19.6 Å². The normalized spacial score (nSPS) is 25.7. The summed E-state index contributed by atoms with van der Waals surface area (Å²) in [6.45, 7) is 6.13. The Hall–Kier alpha value is -4.26. The van der Waals surface area contributed by atoms with Gasteiger partial charge >= 0.3 is 5.97 Å². The number of imidazole rings is 2. The van der Waals surface area contributed by atoms with Gasteiger partial charge in [0.05, 0.1) is 17.3 Å². The van der Waals surface area contributed by atoms with Crippen molar-refractivity contribution in [3.63, 3.8) is 0 Å². The molecule has 2 amide bonds. The molecule has 13 heteroatoms. The highest BCUT2D eigenvalue weighted by atomic mass is 35.5. The van der Waals surface area contributed by atoms with Gasteiger partial charge in [-0.1, -0.05) is 55.7 Å². The van der Waals surface area contributed by atoms with E-state index in [0.29, 0.717) is 24.3 Å². The number of benzene rings is 1. The Morgan fingerprint density at radius 3 is 2.14 bits per heavy atom. The first-order valence-electron chi connectivity index (χ1n) is 21.0. The largest absolute Gasteiger partial charge is 0.481 e. The minimum absolute atomic E-state index is 0.204. The molecule has 2 fully saturated rings. The Morgan fingerprint density at radius 2 is 1.49 bits per heavy atom. The van der Waals surface area contributed by atoms with Gasteiger partial charge in [-0.2, -0.15) is 0 Å². The number of nitrogens with zero attached hydrogens (tertiary/aromatic N) is 6. The van der Waals surface area contributed by atoms with Gasteiger partial charge in [-0.3, -0.25) is 24.2 Å². The molecule has 2 unspecified atom stereocenters. The Kier molecular flexibility index (Phi) is 11.5. The SMILES string of the molecule is Cc1ccccc1C1=CC=CC(NC(=O)c2nc3c(n2C)CCN(CC[C@H]2CC[C@H](C(=O)O)CC2)C3)(NC(=O)c2nc3c(n2C)CCN(C2CCCCC2)C3)C1Cl. The molecule has 3 N–H and O–H groups in total. The molecule has 2 atom stereocenters. The van der Waals surface area contributed by atoms with Crippen LogP contribution in [0.3, 0.4) is 0 Å². The first-order chi connectivity index (χ1) is 27.5. The average Bonchev–Trinajstić information content (AvgIpc) is 3.74. The number of aliphatic carboxylic acids is 1. The van der Waals surface area contributed by atoms with Crippen LogP contribution in [0.4, 0.5) is 0 Å². The van der Waals surface area contributed by atoms with Crippen molar-refractivity contribution in [1.82, 2.24) is 39.5 Å². The van der Waals surface area contributed by atoms with Crippen molar-refractivity contribution in [1.29, 1.82) is 0 Å². The van der Waals surface area contributed by atoms with E-state index in [-0.39, 0.29) is 11.7 Å². The van der Waals surface area contributed by atoms with Crippen LogP contribution >= 0.6 is 11.6 Å². The molecule has 3 aromatic rings. The highest BCUT2D eigenvalue weighted by Gasteiger charge is 2.45. The van der Waals surface area contributed by atoms with Gasteiger partial charge in [-0.05, 0) is 87.1 Å². The van der Waals surface area contributed by atoms with Crippen LogP contribution < -0.4 is 10.6 Å². The maximum absolute atomic E-state index is 14.5. The van der Waals surface area contributed by atoms with Crippen molar-refractivity contribution < 1.29 is 19.5 Å². The zero-order chi connectivity index (χ0) is 39.8. The fourth-order valence-electron chi connectivity index (χ4n) is 10.1. The zero-order valence-corrected chi connectivity index (χ0v) is 34.4. The molecule has 2 aliphatic heterocycles. The van der Waals surface area contributed by atoms with Gasteiger partial charge in [-0.25, -0.2) is 9.97 Å². The number of hydrogen-bond acceptors (Lipinski definition) is 7. The second kappa shape index (κ2) is 16.5. The van der Waals surface area contributed by atoms with Crippen molar-refractivity contribution in [3.05, 3.63) is 88.0 Å². The van der Waals surface area contributed by atoms with E-state index in [9.17, 15) is 19.5 Å². The molecule has 1 aromatic carbocycles. The Morgan fingerprint density at radius 1 is 0.860 bits per heavy atom. The number of halogens is 1. The third-order valence-electron chi connectivity index (χ3n) is 13.6. The maximum atomic E-state index is 14.5. The number of aryl methyl sites for hydroxylation is 1. The topological polar surface area (TPSA) is 138 Å². The van der Waals surface area contributed by atoms with Crippen molar-refractivity contribution in [2.45, 2.75) is 114 Å². The molecule has 2 saturated carbocycles. The van der Waals surface area contributed by atoms with Crippen LogP contribution in [0.2, 0.25) is 0 Å². The molecule has 304 valence electrons. The predicted molar refractivity (Wildman–Crippen MR) is 220 cm³/mol. The zero-order valence-electron chi connectivity index (χ0n) is 33.6. The van der Waals surface area contributed by atoms with Gasteiger partial charge in [0.1, 0.15) is 5.38 Å². The van der Waals surface area contributed by atoms with E-state index >= 15 is 0 Å². The highest BCUT2D eigenvalue weighted by Crippen LogP contribution is 2.37. The van der Waals surface area contributed by atoms with Crippen LogP contribution in [0.1, 0.15) is 119 Å². The summed E-state index contributed by atoms with van der Waals surface area (Å²) in [6.07, 6.45) is 17.9. The lowest BCUT2D eigenvalue weighted by molar-refractivity contribution is -0.143. The second-order valence-corrected chi connectivity index (χ2v) is 17.5. The number of carboxylic acid groups (broad SMARTS) is 1. The van der Waals surface area contributed by atoms with Gasteiger partial charge in [0.25, 0.3) is 11.8 Å². The fourth-order valence-corrected chi connectivity index (χ4v) is 10.5. The molecule has 12 nitrogen and oxygen atoms in total. The molecule has 3 aliphatic carbocycles. The number of aromatic nitrogens is 4. The molecule has 0 spiro atoms. The second-order valence-electron chi connectivity index (χ2n) is 17.1. The molecular weight excluding hydrogens is 740 g/mol. The number of alkyl halides is 1. The molecule has 57 heavy (non-hydrogen) atoms. The summed E-state index contributed by atoms with van der Waals surface area (Å²) in [4.78, 5) is 55.2. The lowest BCUT2D eigenvalue weighted by Gasteiger charge is -2.39. The number of hydrogen-bond donors (Lipinski definition) is 3. The standard InChI is InChI=1S/C44H57ClN8O4/c1-28-10-7-8-13-32(28)33-14-9-22-44(38(33)45,49-42(55)40-47-35-27-53(25-21-37(35)51(40)3)31-11-5-4-6-12-31)48-41(54)39-46-34-26-52(24-20-36(34)50(39)2)23-19-29-15-17-30(18-16-29)43(56)57/h7-10,13-14,22,29-31,38H,4-6,11-12,15-21,23-27H2,1-3H3,(H,48,54)(H,49,55)(H,56,57)/t29-,30-,38?,44?. The fraction of sp³-hybridized carbons (Fsp3) is 0.568. The van der Waals surface area contributed by atoms with Crippen LogP contribution in [0.15, 0.2) is 42.5 Å². The summed E-state index contributed by atoms with van der Waals surface area (Å²) in [5.41, 5.74) is 5.18. The number of rotatable bonds is 10. The van der Waals surface area contributed by atoms with Crippen LogP contribution in [0.25, 0.3) is 5.57 Å². The maximum Gasteiger partial charge on any atom is 0.306 e.